The molecule has 6 heteroatoms. The summed E-state index contributed by atoms with van der Waals surface area (Å²) in [4.78, 5) is 16.5. The standard InChI is InChI=1S/C28H30Cl2N2O2/c1-2-28(21-8-12-23(29)13-9-21,22-10-14-24(30)15-11-22)27(34)31-26(20-6-4-3-5-7-20)19-32-17-16-25(33)18-32/h3-15,25-26,33H,2,16-19H2,1H3,(H,31,34)/t25?,26-/m1/s1. The van der Waals surface area contributed by atoms with Crippen molar-refractivity contribution >= 4 is 29.1 Å². The van der Waals surface area contributed by atoms with Gasteiger partial charge in [-0.25, -0.2) is 0 Å². The predicted molar refractivity (Wildman–Crippen MR) is 138 cm³/mol. The largest absolute Gasteiger partial charge is 0.392 e. The summed E-state index contributed by atoms with van der Waals surface area (Å²) >= 11 is 12.4. The number of likely N-dealkylation sites (tertiary alicyclic amines) is 1. The van der Waals surface area contributed by atoms with Gasteiger partial charge in [0.05, 0.1) is 17.6 Å². The predicted octanol–water partition coefficient (Wildman–Crippen LogP) is 5.61. The molecule has 1 saturated heterocycles. The lowest BCUT2D eigenvalue weighted by Gasteiger charge is -2.35. The van der Waals surface area contributed by atoms with Gasteiger partial charge in [0, 0.05) is 29.7 Å². The van der Waals surface area contributed by atoms with Crippen LogP contribution in [0.5, 0.6) is 0 Å². The van der Waals surface area contributed by atoms with Crippen LogP contribution >= 0.6 is 23.2 Å². The lowest BCUT2D eigenvalue weighted by atomic mass is 9.71. The van der Waals surface area contributed by atoms with Crippen molar-refractivity contribution in [3.63, 3.8) is 0 Å². The molecule has 4 rings (SSSR count). The molecule has 0 radical (unpaired) electrons. The third-order valence-corrected chi connectivity index (χ3v) is 7.29. The molecule has 1 amide bonds. The Labute approximate surface area is 211 Å². The zero-order chi connectivity index (χ0) is 24.1. The molecule has 1 aliphatic rings. The highest BCUT2D eigenvalue weighted by Crippen LogP contribution is 2.38. The van der Waals surface area contributed by atoms with Gasteiger partial charge in [-0.05, 0) is 53.8 Å². The van der Waals surface area contributed by atoms with E-state index in [-0.39, 0.29) is 18.1 Å². The van der Waals surface area contributed by atoms with Gasteiger partial charge in [0.1, 0.15) is 0 Å². The number of hydrogen-bond donors (Lipinski definition) is 2. The Hall–Kier alpha value is -2.37. The van der Waals surface area contributed by atoms with Gasteiger partial charge in [-0.1, -0.05) is 84.7 Å². The van der Waals surface area contributed by atoms with E-state index < -0.39 is 5.41 Å². The van der Waals surface area contributed by atoms with Crippen LogP contribution in [-0.4, -0.2) is 41.7 Å². The molecule has 178 valence electrons. The van der Waals surface area contributed by atoms with Gasteiger partial charge in [-0.3, -0.25) is 9.69 Å². The molecule has 4 nitrogen and oxygen atoms in total. The molecule has 3 aromatic rings. The number of hydrogen-bond acceptors (Lipinski definition) is 3. The van der Waals surface area contributed by atoms with E-state index in [2.05, 4.69) is 10.2 Å². The number of nitrogens with one attached hydrogen (secondary N) is 1. The van der Waals surface area contributed by atoms with Gasteiger partial charge in [0.2, 0.25) is 5.91 Å². The van der Waals surface area contributed by atoms with Crippen molar-refractivity contribution in [2.75, 3.05) is 19.6 Å². The minimum atomic E-state index is -0.910. The SMILES string of the molecule is CCC(C(=O)N[C@H](CN1CCC(O)C1)c1ccccc1)(c1ccc(Cl)cc1)c1ccc(Cl)cc1. The number of halogens is 2. The molecule has 0 spiro atoms. The van der Waals surface area contributed by atoms with Crippen LogP contribution in [0.1, 0.15) is 42.5 Å². The Morgan fingerprint density at radius 3 is 2.03 bits per heavy atom. The van der Waals surface area contributed by atoms with E-state index in [1.54, 1.807) is 0 Å². The second-order valence-electron chi connectivity index (χ2n) is 8.91. The number of benzene rings is 3. The van der Waals surface area contributed by atoms with Crippen molar-refractivity contribution < 1.29 is 9.90 Å². The molecule has 0 aromatic heterocycles. The molecule has 2 N–H and O–H groups in total. The normalized spacial score (nSPS) is 17.5. The third-order valence-electron chi connectivity index (χ3n) is 6.79. The molecule has 1 fully saturated rings. The van der Waals surface area contributed by atoms with E-state index in [1.165, 1.54) is 0 Å². The summed E-state index contributed by atoms with van der Waals surface area (Å²) in [6.07, 6.45) is 1.00. The van der Waals surface area contributed by atoms with E-state index in [1.807, 2.05) is 85.8 Å². The number of aliphatic hydroxyl groups excluding tert-OH is 1. The molecule has 34 heavy (non-hydrogen) atoms. The van der Waals surface area contributed by atoms with E-state index in [0.717, 1.165) is 29.7 Å². The van der Waals surface area contributed by atoms with E-state index in [0.29, 0.717) is 29.6 Å². The second kappa shape index (κ2) is 10.9. The van der Waals surface area contributed by atoms with Crippen LogP contribution in [-0.2, 0) is 10.2 Å². The van der Waals surface area contributed by atoms with Crippen molar-refractivity contribution in [1.29, 1.82) is 0 Å². The number of aliphatic hydroxyl groups is 1. The van der Waals surface area contributed by atoms with Crippen molar-refractivity contribution in [1.82, 2.24) is 10.2 Å². The first kappa shape index (κ1) is 24.7. The average Bonchev–Trinajstić information content (AvgIpc) is 3.26. The van der Waals surface area contributed by atoms with Crippen molar-refractivity contribution in [3.8, 4) is 0 Å². The molecule has 1 heterocycles. The molecular weight excluding hydrogens is 467 g/mol. The maximum atomic E-state index is 14.2. The fourth-order valence-corrected chi connectivity index (χ4v) is 5.16. The first-order valence-electron chi connectivity index (χ1n) is 11.7. The Bertz CT molecular complexity index is 1040. The van der Waals surface area contributed by atoms with Crippen LogP contribution in [0, 0.1) is 0 Å². The summed E-state index contributed by atoms with van der Waals surface area (Å²) in [6, 6.07) is 24.8. The Kier molecular flexibility index (Phi) is 7.95. The van der Waals surface area contributed by atoms with E-state index in [9.17, 15) is 9.90 Å². The summed E-state index contributed by atoms with van der Waals surface area (Å²) in [6.45, 7) is 4.09. The minimum Gasteiger partial charge on any atom is -0.392 e. The van der Waals surface area contributed by atoms with Crippen LogP contribution in [0.2, 0.25) is 10.0 Å². The molecule has 0 aliphatic carbocycles. The van der Waals surface area contributed by atoms with Crippen LogP contribution in [0.15, 0.2) is 78.9 Å². The highest BCUT2D eigenvalue weighted by Gasteiger charge is 2.41. The number of β-amino-alcohol motifs (C(OH)–C–C–N with tert-alkyl or cyclic N) is 1. The zero-order valence-electron chi connectivity index (χ0n) is 19.3. The van der Waals surface area contributed by atoms with Gasteiger partial charge < -0.3 is 10.4 Å². The van der Waals surface area contributed by atoms with Crippen LogP contribution < -0.4 is 5.32 Å². The van der Waals surface area contributed by atoms with Gasteiger partial charge in [-0.15, -0.1) is 0 Å². The Balaban J connectivity index is 1.73. The lowest BCUT2D eigenvalue weighted by Crippen LogP contribution is -2.48. The van der Waals surface area contributed by atoms with Crippen LogP contribution in [0.3, 0.4) is 0 Å². The summed E-state index contributed by atoms with van der Waals surface area (Å²) < 4.78 is 0. The topological polar surface area (TPSA) is 52.6 Å². The smallest absolute Gasteiger partial charge is 0.235 e. The zero-order valence-corrected chi connectivity index (χ0v) is 20.8. The number of carbonyl (C=O) groups excluding carboxylic acids is 1. The van der Waals surface area contributed by atoms with E-state index >= 15 is 0 Å². The summed E-state index contributed by atoms with van der Waals surface area (Å²) in [7, 11) is 0. The number of nitrogens with zero attached hydrogens (tertiary/aromatic N) is 1. The van der Waals surface area contributed by atoms with Crippen molar-refractivity contribution in [3.05, 3.63) is 106 Å². The second-order valence-corrected chi connectivity index (χ2v) is 9.78. The van der Waals surface area contributed by atoms with Gasteiger partial charge in [0.15, 0.2) is 0 Å². The molecule has 2 atom stereocenters. The number of rotatable bonds is 8. The van der Waals surface area contributed by atoms with Crippen molar-refractivity contribution in [2.45, 2.75) is 37.3 Å². The Morgan fingerprint density at radius 2 is 1.56 bits per heavy atom. The minimum absolute atomic E-state index is 0.0757. The third kappa shape index (κ3) is 5.31. The van der Waals surface area contributed by atoms with Crippen LogP contribution in [0.4, 0.5) is 0 Å². The highest BCUT2D eigenvalue weighted by molar-refractivity contribution is 6.30. The van der Waals surface area contributed by atoms with E-state index in [4.69, 9.17) is 23.2 Å². The molecule has 1 aliphatic heterocycles. The van der Waals surface area contributed by atoms with Crippen LogP contribution in [0.25, 0.3) is 0 Å². The average molecular weight is 497 g/mol. The van der Waals surface area contributed by atoms with Crippen molar-refractivity contribution in [2.24, 2.45) is 0 Å². The summed E-state index contributed by atoms with van der Waals surface area (Å²) in [5, 5.41) is 14.6. The first-order chi connectivity index (χ1) is 16.4. The molecule has 1 unspecified atom stereocenters. The molecule has 0 bridgehead atoms. The monoisotopic (exact) mass is 496 g/mol. The van der Waals surface area contributed by atoms with Gasteiger partial charge in [-0.2, -0.15) is 0 Å². The highest BCUT2D eigenvalue weighted by atomic mass is 35.5. The first-order valence-corrected chi connectivity index (χ1v) is 12.5. The lowest BCUT2D eigenvalue weighted by molar-refractivity contribution is -0.126. The van der Waals surface area contributed by atoms with Gasteiger partial charge >= 0.3 is 0 Å². The summed E-state index contributed by atoms with van der Waals surface area (Å²) in [5.41, 5.74) is 1.88. The number of carbonyl (C=O) groups is 1. The maximum Gasteiger partial charge on any atom is 0.235 e. The fourth-order valence-electron chi connectivity index (χ4n) is 4.90. The Morgan fingerprint density at radius 1 is 1.00 bits per heavy atom. The quantitative estimate of drug-likeness (QED) is 0.425. The number of amides is 1. The fraction of sp³-hybridized carbons (Fsp3) is 0.321. The maximum absolute atomic E-state index is 14.2. The molecular formula is C28H30Cl2N2O2. The molecule has 3 aromatic carbocycles. The summed E-state index contributed by atoms with van der Waals surface area (Å²) in [5.74, 6) is -0.0757. The van der Waals surface area contributed by atoms with Gasteiger partial charge in [0.25, 0.3) is 0 Å². The molecule has 0 saturated carbocycles.